The van der Waals surface area contributed by atoms with E-state index in [1.165, 1.54) is 0 Å². The van der Waals surface area contributed by atoms with Crippen LogP contribution in [-0.4, -0.2) is 48.6 Å². The van der Waals surface area contributed by atoms with E-state index in [2.05, 4.69) is 30.6 Å². The Balaban J connectivity index is 3.27. The molecule has 0 aromatic heterocycles. The van der Waals surface area contributed by atoms with Gasteiger partial charge in [0.15, 0.2) is 0 Å². The van der Waals surface area contributed by atoms with Crippen molar-refractivity contribution in [3.8, 4) is 0 Å². The van der Waals surface area contributed by atoms with E-state index in [9.17, 15) is 9.59 Å². The van der Waals surface area contributed by atoms with Crippen molar-refractivity contribution in [3.63, 3.8) is 0 Å². The molecule has 0 aromatic carbocycles. The van der Waals surface area contributed by atoms with Crippen molar-refractivity contribution < 1.29 is 15.0 Å². The predicted molar refractivity (Wildman–Crippen MR) is 45.6 cm³/mol. The van der Waals surface area contributed by atoms with Crippen LogP contribution in [0, 0.1) is 0 Å². The van der Waals surface area contributed by atoms with Crippen molar-refractivity contribution in [2.75, 3.05) is 11.5 Å². The Hall–Kier alpha value is 0.562. The first-order chi connectivity index (χ1) is 5.20. The molecule has 0 aliphatic carbocycles. The van der Waals surface area contributed by atoms with Gasteiger partial charge in [0, 0.05) is 0 Å². The Kier molecular flexibility index (Phi) is 7.59. The van der Waals surface area contributed by atoms with E-state index >= 15 is 0 Å². The van der Waals surface area contributed by atoms with Crippen LogP contribution in [0.4, 0.5) is 0 Å². The quantitative estimate of drug-likeness (QED) is 0.501. The summed E-state index contributed by atoms with van der Waals surface area (Å²) in [7, 11) is 0. The number of thiol groups is 2. The van der Waals surface area contributed by atoms with Gasteiger partial charge in [-0.25, -0.2) is 0 Å². The zero-order chi connectivity index (χ0) is 8.69. The standard InChI is InChI=1S/2C2H4O2S.Pb/c2*3-2(4)1-5;/h2*5H,1H2,(H,3,4);/q;;+2/p-2. The maximum absolute atomic E-state index is 10.4. The second-order valence-electron chi connectivity index (χ2n) is 1.35. The summed E-state index contributed by atoms with van der Waals surface area (Å²) in [5.74, 6) is -0.844. The van der Waals surface area contributed by atoms with Crippen molar-refractivity contribution in [3.05, 3.63) is 0 Å². The van der Waals surface area contributed by atoms with Crippen LogP contribution in [0.5, 0.6) is 0 Å². The molecule has 11 heavy (non-hydrogen) atoms. The fourth-order valence-electron chi connectivity index (χ4n) is 0.178. The Morgan fingerprint density at radius 2 is 1.45 bits per heavy atom. The minimum atomic E-state index is -1.96. The van der Waals surface area contributed by atoms with Crippen molar-refractivity contribution in [1.82, 2.24) is 0 Å². The molecule has 0 atom stereocenters. The Labute approximate surface area is 88.3 Å². The molecule has 0 bridgehead atoms. The topological polar surface area (TPSA) is 52.6 Å². The molecular formula is C4H6O4PbS2. The molecule has 0 heterocycles. The molecule has 0 unspecified atom stereocenters. The van der Waals surface area contributed by atoms with E-state index in [-0.39, 0.29) is 11.5 Å². The summed E-state index contributed by atoms with van der Waals surface area (Å²) in [5, 5.41) is 0. The van der Waals surface area contributed by atoms with Crippen LogP contribution in [-0.2, 0) is 15.0 Å². The van der Waals surface area contributed by atoms with Gasteiger partial charge in [0.25, 0.3) is 0 Å². The average molecular weight is 389 g/mol. The molecule has 62 valence electrons. The fraction of sp³-hybridized carbons (Fsp3) is 0.500. The number of hydrogen-bond acceptors (Lipinski definition) is 6. The van der Waals surface area contributed by atoms with Crippen LogP contribution in [0.25, 0.3) is 0 Å². The minimum absolute atomic E-state index is 0.0193. The molecule has 0 aromatic rings. The zero-order valence-corrected chi connectivity index (χ0v) is 11.1. The first kappa shape index (κ1) is 11.6. The molecule has 0 N–H and O–H groups in total. The van der Waals surface area contributed by atoms with E-state index in [0.29, 0.717) is 0 Å². The summed E-state index contributed by atoms with van der Waals surface area (Å²) < 4.78 is 9.13. The number of hydrogen-bond donors (Lipinski definition) is 2. The molecule has 0 fully saturated rings. The number of carbonyl (C=O) groups excluding carboxylic acids is 2. The molecular weight excluding hydrogens is 383 g/mol. The second-order valence-corrected chi connectivity index (χ2v) is 4.22. The molecule has 2 radical (unpaired) electrons. The molecule has 0 aliphatic rings. The van der Waals surface area contributed by atoms with Crippen LogP contribution >= 0.6 is 25.3 Å². The summed E-state index contributed by atoms with van der Waals surface area (Å²) in [6, 6.07) is 0. The van der Waals surface area contributed by atoms with Gasteiger partial charge in [0.05, 0.1) is 0 Å². The molecule has 0 spiro atoms. The average Bonchev–Trinajstić information content (AvgIpc) is 2.04. The van der Waals surface area contributed by atoms with Gasteiger partial charge in [-0.2, -0.15) is 0 Å². The first-order valence-corrected chi connectivity index (χ1v) is 7.00. The zero-order valence-electron chi connectivity index (χ0n) is 5.44. The maximum atomic E-state index is 10.4. The van der Waals surface area contributed by atoms with Gasteiger partial charge in [-0.3, -0.25) is 0 Å². The van der Waals surface area contributed by atoms with E-state index < -0.39 is 37.1 Å². The van der Waals surface area contributed by atoms with Crippen LogP contribution in [0.2, 0.25) is 0 Å². The monoisotopic (exact) mass is 390 g/mol. The van der Waals surface area contributed by atoms with Crippen LogP contribution in [0.15, 0.2) is 0 Å². The van der Waals surface area contributed by atoms with Crippen molar-refractivity contribution in [1.29, 1.82) is 0 Å². The van der Waals surface area contributed by atoms with Gasteiger partial charge in [0.1, 0.15) is 0 Å². The van der Waals surface area contributed by atoms with E-state index in [1.807, 2.05) is 0 Å². The van der Waals surface area contributed by atoms with Crippen LogP contribution in [0.3, 0.4) is 0 Å². The van der Waals surface area contributed by atoms with Gasteiger partial charge < -0.3 is 0 Å². The van der Waals surface area contributed by atoms with Gasteiger partial charge in [0.2, 0.25) is 0 Å². The van der Waals surface area contributed by atoms with Gasteiger partial charge in [-0.05, 0) is 0 Å². The van der Waals surface area contributed by atoms with Crippen molar-refractivity contribution in [2.45, 2.75) is 0 Å². The predicted octanol–water partition coefficient (Wildman–Crippen LogP) is -0.533. The van der Waals surface area contributed by atoms with Crippen molar-refractivity contribution >= 4 is 62.3 Å². The third kappa shape index (κ3) is 6.94. The number of rotatable bonds is 4. The van der Waals surface area contributed by atoms with Gasteiger partial charge >= 0.3 is 88.8 Å². The summed E-state index contributed by atoms with van der Waals surface area (Å²) in [6.07, 6.45) is 0. The molecule has 4 nitrogen and oxygen atoms in total. The SMILES string of the molecule is O=C(CS)[O][Pb][O]C(=O)CS. The number of carbonyl (C=O) groups is 2. The molecule has 0 saturated carbocycles. The second kappa shape index (κ2) is 7.22. The van der Waals surface area contributed by atoms with E-state index in [1.54, 1.807) is 0 Å². The van der Waals surface area contributed by atoms with E-state index in [0.717, 1.165) is 0 Å². The third-order valence-electron chi connectivity index (χ3n) is 0.569. The fourth-order valence-corrected chi connectivity index (χ4v) is 2.70. The third-order valence-corrected chi connectivity index (χ3v) is 3.50. The van der Waals surface area contributed by atoms with Crippen molar-refractivity contribution in [2.24, 2.45) is 0 Å². The van der Waals surface area contributed by atoms with Crippen LogP contribution in [0.1, 0.15) is 0 Å². The van der Waals surface area contributed by atoms with Crippen LogP contribution < -0.4 is 0 Å². The molecule has 7 heteroatoms. The molecule has 0 amide bonds. The summed E-state index contributed by atoms with van der Waals surface area (Å²) in [4.78, 5) is 20.8. The molecule has 0 aliphatic heterocycles. The Morgan fingerprint density at radius 3 is 1.73 bits per heavy atom. The van der Waals surface area contributed by atoms with Gasteiger partial charge in [-0.15, -0.1) is 0 Å². The Morgan fingerprint density at radius 1 is 1.09 bits per heavy atom. The molecule has 0 saturated heterocycles. The normalized spacial score (nSPS) is 8.91. The Bertz CT molecular complexity index is 135. The first-order valence-electron chi connectivity index (χ1n) is 2.56. The summed E-state index contributed by atoms with van der Waals surface area (Å²) in [6.45, 7) is 0. The summed E-state index contributed by atoms with van der Waals surface area (Å²) >= 11 is 5.37. The van der Waals surface area contributed by atoms with Gasteiger partial charge in [-0.1, -0.05) is 0 Å². The summed E-state index contributed by atoms with van der Waals surface area (Å²) in [5.41, 5.74) is 0. The van der Waals surface area contributed by atoms with E-state index in [4.69, 9.17) is 0 Å². The molecule has 0 rings (SSSR count).